The highest BCUT2D eigenvalue weighted by molar-refractivity contribution is 5.86. The summed E-state index contributed by atoms with van der Waals surface area (Å²) in [6, 6.07) is 10.1. The molecule has 7 heteroatoms. The number of fused-ring (bicyclic) bond motifs is 1. The minimum absolute atomic E-state index is 0.168. The van der Waals surface area contributed by atoms with Crippen LogP contribution in [-0.2, 0) is 11.3 Å². The van der Waals surface area contributed by atoms with Gasteiger partial charge in [-0.25, -0.2) is 0 Å². The van der Waals surface area contributed by atoms with Crippen LogP contribution in [0.2, 0.25) is 0 Å². The number of carboxylic acid groups (broad SMARTS) is 1. The Hall–Kier alpha value is -3.42. The molecule has 1 saturated heterocycles. The van der Waals surface area contributed by atoms with Gasteiger partial charge < -0.3 is 20.0 Å². The first-order valence-corrected chi connectivity index (χ1v) is 10.8. The highest BCUT2D eigenvalue weighted by Crippen LogP contribution is 2.23. The minimum Gasteiger partial charge on any atom is -0.481 e. The maximum atomic E-state index is 12.6. The van der Waals surface area contributed by atoms with Gasteiger partial charge in [0.2, 0.25) is 0 Å². The van der Waals surface area contributed by atoms with Gasteiger partial charge in [0.1, 0.15) is 0 Å². The fourth-order valence-corrected chi connectivity index (χ4v) is 4.16. The van der Waals surface area contributed by atoms with Crippen molar-refractivity contribution in [2.24, 2.45) is 0 Å². The molecule has 0 unspecified atom stereocenters. The summed E-state index contributed by atoms with van der Waals surface area (Å²) in [4.78, 5) is 34.1. The first-order valence-electron chi connectivity index (χ1n) is 10.8. The highest BCUT2D eigenvalue weighted by Gasteiger charge is 2.18. The van der Waals surface area contributed by atoms with Gasteiger partial charge in [0, 0.05) is 55.5 Å². The summed E-state index contributed by atoms with van der Waals surface area (Å²) in [7, 11) is 0. The smallest absolute Gasteiger partial charge is 0.304 e. The Balaban J connectivity index is 1.49. The highest BCUT2D eigenvalue weighted by atomic mass is 16.4. The molecule has 1 aromatic carbocycles. The molecule has 4 rings (SSSR count). The van der Waals surface area contributed by atoms with E-state index in [1.807, 2.05) is 6.07 Å². The molecule has 0 bridgehead atoms. The van der Waals surface area contributed by atoms with Crippen LogP contribution in [-0.4, -0.2) is 63.6 Å². The number of carboxylic acids is 1. The predicted octanol–water partition coefficient (Wildman–Crippen LogP) is 1.49. The number of pyridine rings is 1. The van der Waals surface area contributed by atoms with Gasteiger partial charge >= 0.3 is 5.97 Å². The molecule has 3 N–H and O–H groups in total. The number of nitrogens with one attached hydrogen (secondary N) is 2. The van der Waals surface area contributed by atoms with E-state index in [0.29, 0.717) is 17.5 Å². The molecule has 32 heavy (non-hydrogen) atoms. The number of aromatic amines is 2. The molecule has 166 valence electrons. The van der Waals surface area contributed by atoms with E-state index in [2.05, 4.69) is 51.1 Å². The predicted molar refractivity (Wildman–Crippen MR) is 128 cm³/mol. The Labute approximate surface area is 186 Å². The van der Waals surface area contributed by atoms with Crippen LogP contribution in [0.5, 0.6) is 0 Å². The summed E-state index contributed by atoms with van der Waals surface area (Å²) in [6.45, 7) is 12.8. The fourth-order valence-electron chi connectivity index (χ4n) is 4.16. The number of benzene rings is 1. The van der Waals surface area contributed by atoms with Crippen LogP contribution in [0.25, 0.3) is 34.8 Å². The van der Waals surface area contributed by atoms with Crippen molar-refractivity contribution in [2.75, 3.05) is 32.7 Å². The van der Waals surface area contributed by atoms with Crippen LogP contribution in [0.15, 0.2) is 47.8 Å². The molecule has 0 aliphatic carbocycles. The third kappa shape index (κ3) is 4.90. The maximum absolute atomic E-state index is 12.6. The second-order valence-electron chi connectivity index (χ2n) is 8.22. The number of carbonyl (C=O) groups is 1. The molecule has 1 aliphatic rings. The quantitative estimate of drug-likeness (QED) is 0.526. The van der Waals surface area contributed by atoms with Gasteiger partial charge in [-0.05, 0) is 41.1 Å². The van der Waals surface area contributed by atoms with E-state index in [1.54, 1.807) is 18.2 Å². The number of aromatic nitrogens is 2. The van der Waals surface area contributed by atoms with E-state index in [0.717, 1.165) is 54.5 Å². The van der Waals surface area contributed by atoms with Crippen LogP contribution in [0.4, 0.5) is 0 Å². The normalized spacial score (nSPS) is 15.9. The lowest BCUT2D eigenvalue weighted by molar-refractivity contribution is -0.137. The largest absolute Gasteiger partial charge is 0.481 e. The number of nitrogens with zero attached hydrogens (tertiary/aromatic N) is 2. The first kappa shape index (κ1) is 21.8. The van der Waals surface area contributed by atoms with Crippen molar-refractivity contribution in [3.05, 3.63) is 69.5 Å². The molecule has 3 heterocycles. The lowest BCUT2D eigenvalue weighted by atomic mass is 10.1. The Bertz CT molecular complexity index is 1310. The third-order valence-corrected chi connectivity index (χ3v) is 5.93. The molecule has 0 radical (unpaired) electrons. The number of H-pyrrole nitrogens is 2. The zero-order valence-corrected chi connectivity index (χ0v) is 18.1. The standard InChI is InChI=1S/C25H28N4O3/c1-3-4-21-17(2)13-20(25(32)27-21)23-15-19-14-18(5-6-22(19)26-23)16-29-11-9-28(10-12-29)8-7-24(30)31/h3-6,13-15,26H,1-2,7-12,16H2,(H,27,32)(H,30,31)/b21-4+. The van der Waals surface area contributed by atoms with Gasteiger partial charge in [-0.1, -0.05) is 25.3 Å². The van der Waals surface area contributed by atoms with Crippen molar-refractivity contribution in [3.63, 3.8) is 0 Å². The Morgan fingerprint density at radius 3 is 2.56 bits per heavy atom. The molecule has 7 nitrogen and oxygen atoms in total. The molecule has 0 atom stereocenters. The van der Waals surface area contributed by atoms with E-state index in [4.69, 9.17) is 5.11 Å². The molecule has 1 aliphatic heterocycles. The van der Waals surface area contributed by atoms with E-state index < -0.39 is 5.97 Å². The average molecular weight is 433 g/mol. The SMILES string of the molecule is C=C/C=c1/[nH]c(=O)c(-c2cc3cc(CN4CCN(CCC(=O)O)CC4)ccc3[nH]2)cc1=C. The van der Waals surface area contributed by atoms with Crippen molar-refractivity contribution in [1.82, 2.24) is 19.8 Å². The molecular formula is C25H28N4O3. The van der Waals surface area contributed by atoms with Gasteiger partial charge in [0.15, 0.2) is 0 Å². The first-order chi connectivity index (χ1) is 15.4. The third-order valence-electron chi connectivity index (χ3n) is 5.93. The topological polar surface area (TPSA) is 92.4 Å². The summed E-state index contributed by atoms with van der Waals surface area (Å²) in [5.41, 5.74) is 3.35. The van der Waals surface area contributed by atoms with Crippen molar-refractivity contribution in [2.45, 2.75) is 13.0 Å². The summed E-state index contributed by atoms with van der Waals surface area (Å²) < 4.78 is 0. The van der Waals surface area contributed by atoms with E-state index >= 15 is 0 Å². The second-order valence-corrected chi connectivity index (χ2v) is 8.22. The molecule has 0 spiro atoms. The Morgan fingerprint density at radius 2 is 1.84 bits per heavy atom. The summed E-state index contributed by atoms with van der Waals surface area (Å²) in [5.74, 6) is -0.744. The molecule has 0 amide bonds. The number of aliphatic carboxylic acids is 1. The van der Waals surface area contributed by atoms with Gasteiger partial charge in [0.25, 0.3) is 5.56 Å². The van der Waals surface area contributed by atoms with Crippen molar-refractivity contribution in [3.8, 4) is 11.3 Å². The summed E-state index contributed by atoms with van der Waals surface area (Å²) in [6.07, 6.45) is 3.55. The van der Waals surface area contributed by atoms with Crippen molar-refractivity contribution >= 4 is 29.5 Å². The van der Waals surface area contributed by atoms with Crippen molar-refractivity contribution in [1.29, 1.82) is 0 Å². The monoisotopic (exact) mass is 432 g/mol. The molecule has 2 aromatic heterocycles. The zero-order valence-electron chi connectivity index (χ0n) is 18.1. The summed E-state index contributed by atoms with van der Waals surface area (Å²) >= 11 is 0. The summed E-state index contributed by atoms with van der Waals surface area (Å²) in [5, 5.41) is 11.3. The van der Waals surface area contributed by atoms with Crippen LogP contribution in [0.3, 0.4) is 0 Å². The van der Waals surface area contributed by atoms with Gasteiger partial charge in [0.05, 0.1) is 17.7 Å². The number of piperazine rings is 1. The lowest BCUT2D eigenvalue weighted by Crippen LogP contribution is -2.46. The van der Waals surface area contributed by atoms with Gasteiger partial charge in [-0.2, -0.15) is 0 Å². The van der Waals surface area contributed by atoms with Crippen molar-refractivity contribution < 1.29 is 9.90 Å². The molecule has 0 saturated carbocycles. The van der Waals surface area contributed by atoms with Gasteiger partial charge in [-0.3, -0.25) is 14.5 Å². The maximum Gasteiger partial charge on any atom is 0.304 e. The van der Waals surface area contributed by atoms with Gasteiger partial charge in [-0.15, -0.1) is 0 Å². The number of hydrogen-bond donors (Lipinski definition) is 3. The van der Waals surface area contributed by atoms with E-state index in [-0.39, 0.29) is 12.0 Å². The number of hydrogen-bond acceptors (Lipinski definition) is 4. The van der Waals surface area contributed by atoms with E-state index in [1.165, 1.54) is 5.56 Å². The lowest BCUT2D eigenvalue weighted by Gasteiger charge is -2.34. The molecular weight excluding hydrogens is 404 g/mol. The minimum atomic E-state index is -0.744. The molecule has 1 fully saturated rings. The number of allylic oxidation sites excluding steroid dienone is 1. The van der Waals surface area contributed by atoms with E-state index in [9.17, 15) is 9.59 Å². The van der Waals surface area contributed by atoms with Crippen LogP contribution >= 0.6 is 0 Å². The van der Waals surface area contributed by atoms with Crippen LogP contribution in [0, 0.1) is 0 Å². The second kappa shape index (κ2) is 9.38. The van der Waals surface area contributed by atoms with Crippen LogP contribution < -0.4 is 16.1 Å². The number of rotatable bonds is 7. The van der Waals surface area contributed by atoms with Crippen LogP contribution in [0.1, 0.15) is 12.0 Å². The average Bonchev–Trinajstić information content (AvgIpc) is 3.19. The zero-order chi connectivity index (χ0) is 22.7. The molecule has 3 aromatic rings. The Morgan fingerprint density at radius 1 is 1.09 bits per heavy atom. The Kier molecular flexibility index (Phi) is 6.39. The fraction of sp³-hybridized carbons (Fsp3) is 0.280.